The van der Waals surface area contributed by atoms with Gasteiger partial charge in [0, 0.05) is 33.2 Å². The minimum absolute atomic E-state index is 0.0187. The molecule has 0 spiro atoms. The average Bonchev–Trinajstić information content (AvgIpc) is 2.75. The third-order valence-electron chi connectivity index (χ3n) is 5.83. The van der Waals surface area contributed by atoms with Crippen molar-refractivity contribution in [2.45, 2.75) is 79.2 Å². The number of nitrogens with zero attached hydrogens (tertiary/aromatic N) is 4. The summed E-state index contributed by atoms with van der Waals surface area (Å²) in [6.07, 6.45) is 0.0187. The van der Waals surface area contributed by atoms with Crippen molar-refractivity contribution in [1.29, 1.82) is 0 Å². The van der Waals surface area contributed by atoms with Crippen LogP contribution in [0.5, 0.6) is 11.5 Å². The van der Waals surface area contributed by atoms with Crippen molar-refractivity contribution in [3.63, 3.8) is 0 Å². The van der Waals surface area contributed by atoms with Crippen LogP contribution in [0.2, 0.25) is 0 Å². The minimum Gasteiger partial charge on any atom is -0.493 e. The number of aryl methyl sites for hydroxylation is 1. The summed E-state index contributed by atoms with van der Waals surface area (Å²) in [5, 5.41) is 2.02. The number of hydrogen-bond acceptors (Lipinski definition) is 6. The normalized spacial score (nSPS) is 12.5. The molecule has 0 saturated carbocycles. The van der Waals surface area contributed by atoms with Crippen molar-refractivity contribution in [2.24, 2.45) is 0 Å². The number of fused-ring (bicyclic) bond motifs is 2. The predicted molar refractivity (Wildman–Crippen MR) is 143 cm³/mol. The molecule has 0 N–H and O–H groups in total. The molecule has 6 nitrogen and oxygen atoms in total. The van der Waals surface area contributed by atoms with Gasteiger partial charge in [0.1, 0.15) is 5.82 Å². The van der Waals surface area contributed by atoms with Crippen molar-refractivity contribution in [2.75, 3.05) is 7.11 Å². The fraction of sp³-hybridized carbons (Fsp3) is 0.448. The van der Waals surface area contributed by atoms with Crippen LogP contribution in [0.1, 0.15) is 72.6 Å². The molecule has 0 unspecified atom stereocenters. The number of ether oxygens (including phenoxy) is 2. The zero-order valence-electron chi connectivity index (χ0n) is 22.6. The molecule has 35 heavy (non-hydrogen) atoms. The van der Waals surface area contributed by atoms with Gasteiger partial charge in [-0.15, -0.1) is 0 Å². The second-order valence-electron chi connectivity index (χ2n) is 11.4. The minimum atomic E-state index is -0.198. The van der Waals surface area contributed by atoms with Crippen molar-refractivity contribution in [3.8, 4) is 22.9 Å². The first-order valence-corrected chi connectivity index (χ1v) is 12.1. The van der Waals surface area contributed by atoms with Gasteiger partial charge in [-0.05, 0) is 32.9 Å². The van der Waals surface area contributed by atoms with Crippen LogP contribution in [-0.4, -0.2) is 33.1 Å². The summed E-state index contributed by atoms with van der Waals surface area (Å²) >= 11 is 0. The van der Waals surface area contributed by atoms with Crippen LogP contribution < -0.4 is 9.47 Å². The van der Waals surface area contributed by atoms with Crippen molar-refractivity contribution in [1.82, 2.24) is 19.9 Å². The molecule has 0 radical (unpaired) electrons. The summed E-state index contributed by atoms with van der Waals surface area (Å²) in [5.41, 5.74) is 4.37. The molecule has 4 aromatic rings. The van der Waals surface area contributed by atoms with E-state index in [1.54, 1.807) is 7.11 Å². The predicted octanol–water partition coefficient (Wildman–Crippen LogP) is 6.94. The fourth-order valence-corrected chi connectivity index (χ4v) is 4.30. The quantitative estimate of drug-likeness (QED) is 0.320. The highest BCUT2D eigenvalue weighted by Gasteiger charge is 2.24. The number of benzene rings is 2. The van der Waals surface area contributed by atoms with Crippen LogP contribution in [-0.2, 0) is 10.8 Å². The van der Waals surface area contributed by atoms with Gasteiger partial charge in [0.25, 0.3) is 0 Å². The number of aromatic nitrogens is 4. The first kappa shape index (κ1) is 24.8. The van der Waals surface area contributed by atoms with E-state index in [0.717, 1.165) is 44.6 Å². The fourth-order valence-electron chi connectivity index (χ4n) is 4.30. The standard InChI is InChI=1S/C29H36N4O2/c1-16(2)35-24-15-22-20(14-23(24)34-10)26(29(7,8)9)33-27(32-22)18-11-12-19-21(13-18)30-17(3)31-25(19)28(4,5)6/h11-16H,1-10H3. The summed E-state index contributed by atoms with van der Waals surface area (Å²) in [7, 11) is 1.66. The molecule has 0 amide bonds. The van der Waals surface area contributed by atoms with Gasteiger partial charge in [-0.1, -0.05) is 53.7 Å². The zero-order chi connectivity index (χ0) is 25.7. The third-order valence-corrected chi connectivity index (χ3v) is 5.83. The van der Waals surface area contributed by atoms with Gasteiger partial charge in [-0.25, -0.2) is 19.9 Å². The first-order valence-electron chi connectivity index (χ1n) is 12.1. The maximum atomic E-state index is 6.03. The van der Waals surface area contributed by atoms with Gasteiger partial charge >= 0.3 is 0 Å². The molecule has 0 saturated heterocycles. The smallest absolute Gasteiger partial charge is 0.163 e. The van der Waals surface area contributed by atoms with Gasteiger partial charge < -0.3 is 9.47 Å². The lowest BCUT2D eigenvalue weighted by Crippen LogP contribution is -2.16. The Morgan fingerprint density at radius 1 is 0.714 bits per heavy atom. The highest BCUT2D eigenvalue weighted by molar-refractivity contribution is 5.89. The molecule has 2 aromatic heterocycles. The van der Waals surface area contributed by atoms with E-state index in [0.29, 0.717) is 17.3 Å². The molecule has 0 fully saturated rings. The van der Waals surface area contributed by atoms with E-state index in [9.17, 15) is 0 Å². The molecule has 0 aliphatic carbocycles. The van der Waals surface area contributed by atoms with E-state index >= 15 is 0 Å². The Hall–Kier alpha value is -3.28. The number of methoxy groups -OCH3 is 1. The van der Waals surface area contributed by atoms with Crippen molar-refractivity contribution in [3.05, 3.63) is 47.5 Å². The molecular weight excluding hydrogens is 436 g/mol. The SMILES string of the molecule is COc1cc2c(C(C)(C)C)nc(-c3ccc4c(C(C)(C)C)nc(C)nc4c3)nc2cc1OC(C)C. The van der Waals surface area contributed by atoms with E-state index in [4.69, 9.17) is 29.4 Å². The van der Waals surface area contributed by atoms with Crippen LogP contribution in [0.25, 0.3) is 33.2 Å². The van der Waals surface area contributed by atoms with Gasteiger partial charge in [-0.3, -0.25) is 0 Å². The summed E-state index contributed by atoms with van der Waals surface area (Å²) < 4.78 is 11.7. The van der Waals surface area contributed by atoms with E-state index in [2.05, 4.69) is 59.7 Å². The number of hydrogen-bond donors (Lipinski definition) is 0. The Labute approximate surface area is 208 Å². The van der Waals surface area contributed by atoms with Crippen LogP contribution in [0.15, 0.2) is 30.3 Å². The van der Waals surface area contributed by atoms with E-state index in [-0.39, 0.29) is 16.9 Å². The molecule has 184 valence electrons. The van der Waals surface area contributed by atoms with E-state index in [1.165, 1.54) is 0 Å². The largest absolute Gasteiger partial charge is 0.493 e. The van der Waals surface area contributed by atoms with Gasteiger partial charge in [-0.2, -0.15) is 0 Å². The second kappa shape index (κ2) is 8.74. The molecule has 2 heterocycles. The van der Waals surface area contributed by atoms with Gasteiger partial charge in [0.05, 0.1) is 35.6 Å². The zero-order valence-corrected chi connectivity index (χ0v) is 22.6. The maximum absolute atomic E-state index is 6.03. The highest BCUT2D eigenvalue weighted by Crippen LogP contribution is 2.38. The van der Waals surface area contributed by atoms with Gasteiger partial charge in [0.2, 0.25) is 0 Å². The molecule has 4 rings (SSSR count). The molecule has 0 aliphatic heterocycles. The van der Waals surface area contributed by atoms with Crippen molar-refractivity contribution >= 4 is 21.8 Å². The summed E-state index contributed by atoms with van der Waals surface area (Å²) in [5.74, 6) is 2.78. The second-order valence-corrected chi connectivity index (χ2v) is 11.4. The lowest BCUT2D eigenvalue weighted by Gasteiger charge is -2.22. The summed E-state index contributed by atoms with van der Waals surface area (Å²) in [6, 6.07) is 10.2. The van der Waals surface area contributed by atoms with Gasteiger partial charge in [0.15, 0.2) is 17.3 Å². The molecule has 2 aromatic carbocycles. The Morgan fingerprint density at radius 2 is 1.34 bits per heavy atom. The first-order chi connectivity index (χ1) is 16.3. The Kier molecular flexibility index (Phi) is 6.20. The van der Waals surface area contributed by atoms with Crippen LogP contribution in [0.3, 0.4) is 0 Å². The molecule has 6 heteroatoms. The number of rotatable bonds is 4. The van der Waals surface area contributed by atoms with E-state index in [1.807, 2.05) is 32.9 Å². The van der Waals surface area contributed by atoms with E-state index < -0.39 is 0 Å². The molecule has 0 bridgehead atoms. The topological polar surface area (TPSA) is 70.0 Å². The highest BCUT2D eigenvalue weighted by atomic mass is 16.5. The Balaban J connectivity index is 1.98. The molecule has 0 atom stereocenters. The molecular formula is C29H36N4O2. The monoisotopic (exact) mass is 472 g/mol. The summed E-state index contributed by atoms with van der Waals surface area (Å²) in [4.78, 5) is 19.5. The Bertz CT molecular complexity index is 1410. The Morgan fingerprint density at radius 3 is 1.94 bits per heavy atom. The van der Waals surface area contributed by atoms with Crippen LogP contribution in [0, 0.1) is 6.92 Å². The third kappa shape index (κ3) is 4.93. The van der Waals surface area contributed by atoms with Crippen LogP contribution in [0.4, 0.5) is 0 Å². The lowest BCUT2D eigenvalue weighted by molar-refractivity contribution is 0.230. The summed E-state index contributed by atoms with van der Waals surface area (Å²) in [6.45, 7) is 19.0. The molecule has 0 aliphatic rings. The van der Waals surface area contributed by atoms with Crippen molar-refractivity contribution < 1.29 is 9.47 Å². The van der Waals surface area contributed by atoms with Crippen LogP contribution >= 0.6 is 0 Å². The average molecular weight is 473 g/mol. The maximum Gasteiger partial charge on any atom is 0.163 e. The lowest BCUT2D eigenvalue weighted by atomic mass is 9.88.